The van der Waals surface area contributed by atoms with Crippen LogP contribution in [-0.2, 0) is 4.74 Å². The second-order valence-corrected chi connectivity index (χ2v) is 5.47. The second kappa shape index (κ2) is 8.46. The molecule has 0 aliphatic rings. The molecule has 6 heteroatoms. The normalized spacial score (nSPS) is 11.0. The van der Waals surface area contributed by atoms with Gasteiger partial charge in [0.05, 0.1) is 17.6 Å². The molecule has 0 amide bonds. The highest BCUT2D eigenvalue weighted by Crippen LogP contribution is 2.35. The van der Waals surface area contributed by atoms with E-state index in [0.717, 1.165) is 0 Å². The summed E-state index contributed by atoms with van der Waals surface area (Å²) in [5.74, 6) is 0.755. The van der Waals surface area contributed by atoms with Gasteiger partial charge in [-0.15, -0.1) is 0 Å². The molecule has 1 rings (SSSR count). The molecule has 0 radical (unpaired) electrons. The van der Waals surface area contributed by atoms with Crippen LogP contribution in [-0.4, -0.2) is 30.8 Å². The van der Waals surface area contributed by atoms with Crippen molar-refractivity contribution in [3.8, 4) is 5.75 Å². The zero-order valence-corrected chi connectivity index (χ0v) is 13.1. The van der Waals surface area contributed by atoms with Crippen molar-refractivity contribution in [2.75, 3.05) is 25.1 Å². The third-order valence-corrected chi connectivity index (χ3v) is 2.56. The molecule has 0 saturated heterocycles. The van der Waals surface area contributed by atoms with Gasteiger partial charge in [-0.2, -0.15) is 0 Å². The van der Waals surface area contributed by atoms with Crippen molar-refractivity contribution in [3.63, 3.8) is 0 Å². The molecular formula is C15H24N2O4. The minimum absolute atomic E-state index is 0.0324. The number of nitro groups is 1. The summed E-state index contributed by atoms with van der Waals surface area (Å²) < 4.78 is 10.9. The molecule has 0 fully saturated rings. The Bertz CT molecular complexity index is 461. The first-order chi connectivity index (χ1) is 9.91. The summed E-state index contributed by atoms with van der Waals surface area (Å²) in [5, 5.41) is 14.3. The Kier molecular flexibility index (Phi) is 6.94. The Morgan fingerprint density at radius 3 is 2.57 bits per heavy atom. The number of benzene rings is 1. The SMILES string of the molecule is CC(C)COCCNc1cccc(OC(C)C)c1[N+](=O)[O-]. The van der Waals surface area contributed by atoms with Gasteiger partial charge in [0.1, 0.15) is 5.69 Å². The Hall–Kier alpha value is -1.82. The lowest BCUT2D eigenvalue weighted by atomic mass is 10.2. The minimum atomic E-state index is -0.422. The summed E-state index contributed by atoms with van der Waals surface area (Å²) in [7, 11) is 0. The lowest BCUT2D eigenvalue weighted by Gasteiger charge is -2.13. The van der Waals surface area contributed by atoms with E-state index in [4.69, 9.17) is 9.47 Å². The van der Waals surface area contributed by atoms with Crippen molar-refractivity contribution in [2.24, 2.45) is 5.92 Å². The smallest absolute Gasteiger partial charge is 0.333 e. The summed E-state index contributed by atoms with van der Waals surface area (Å²) >= 11 is 0. The zero-order valence-electron chi connectivity index (χ0n) is 13.1. The van der Waals surface area contributed by atoms with Gasteiger partial charge in [-0.05, 0) is 31.9 Å². The molecule has 0 spiro atoms. The van der Waals surface area contributed by atoms with Crippen molar-refractivity contribution < 1.29 is 14.4 Å². The molecule has 0 unspecified atom stereocenters. The van der Waals surface area contributed by atoms with Crippen molar-refractivity contribution in [1.29, 1.82) is 0 Å². The summed E-state index contributed by atoms with van der Waals surface area (Å²) in [6.07, 6.45) is -0.117. The van der Waals surface area contributed by atoms with E-state index >= 15 is 0 Å². The molecule has 6 nitrogen and oxygen atoms in total. The van der Waals surface area contributed by atoms with Crippen LogP contribution < -0.4 is 10.1 Å². The van der Waals surface area contributed by atoms with Crippen LogP contribution in [0, 0.1) is 16.0 Å². The lowest BCUT2D eigenvalue weighted by molar-refractivity contribution is -0.385. The van der Waals surface area contributed by atoms with Gasteiger partial charge in [0, 0.05) is 13.2 Å². The molecule has 0 heterocycles. The van der Waals surface area contributed by atoms with E-state index in [-0.39, 0.29) is 17.5 Å². The molecule has 0 atom stereocenters. The maximum absolute atomic E-state index is 11.3. The van der Waals surface area contributed by atoms with Crippen LogP contribution in [0.15, 0.2) is 18.2 Å². The van der Waals surface area contributed by atoms with Crippen LogP contribution in [0.3, 0.4) is 0 Å². The number of anilines is 1. The van der Waals surface area contributed by atoms with Gasteiger partial charge in [0.25, 0.3) is 0 Å². The maximum atomic E-state index is 11.3. The Morgan fingerprint density at radius 1 is 1.29 bits per heavy atom. The van der Waals surface area contributed by atoms with E-state index in [9.17, 15) is 10.1 Å². The van der Waals surface area contributed by atoms with Crippen molar-refractivity contribution in [1.82, 2.24) is 0 Å². The fourth-order valence-corrected chi connectivity index (χ4v) is 1.78. The second-order valence-electron chi connectivity index (χ2n) is 5.47. The van der Waals surface area contributed by atoms with Crippen LogP contribution in [0.4, 0.5) is 11.4 Å². The number of hydrogen-bond acceptors (Lipinski definition) is 5. The first-order valence-electron chi connectivity index (χ1n) is 7.17. The number of nitrogens with zero attached hydrogens (tertiary/aromatic N) is 1. The number of hydrogen-bond donors (Lipinski definition) is 1. The third kappa shape index (κ3) is 5.99. The number of para-hydroxylation sites is 1. The molecule has 1 aromatic carbocycles. The van der Waals surface area contributed by atoms with E-state index in [2.05, 4.69) is 19.2 Å². The monoisotopic (exact) mass is 296 g/mol. The number of ether oxygens (including phenoxy) is 2. The Morgan fingerprint density at radius 2 is 2.00 bits per heavy atom. The standard InChI is InChI=1S/C15H24N2O4/c1-11(2)10-20-9-8-16-13-6-5-7-14(21-12(3)4)15(13)17(18)19/h5-7,11-12,16H,8-10H2,1-4H3. The van der Waals surface area contributed by atoms with Gasteiger partial charge >= 0.3 is 5.69 Å². The highest BCUT2D eigenvalue weighted by molar-refractivity contribution is 5.68. The number of nitrogens with one attached hydrogen (secondary N) is 1. The molecule has 1 aromatic rings. The first kappa shape index (κ1) is 17.2. The van der Waals surface area contributed by atoms with E-state index in [1.54, 1.807) is 18.2 Å². The Balaban J connectivity index is 2.70. The maximum Gasteiger partial charge on any atom is 0.333 e. The largest absolute Gasteiger partial charge is 0.484 e. The summed E-state index contributed by atoms with van der Waals surface area (Å²) in [6.45, 7) is 9.52. The average Bonchev–Trinajstić information content (AvgIpc) is 2.36. The van der Waals surface area contributed by atoms with Crippen LogP contribution in [0.5, 0.6) is 5.75 Å². The van der Waals surface area contributed by atoms with E-state index in [1.165, 1.54) is 0 Å². The molecule has 0 aliphatic carbocycles. The van der Waals surface area contributed by atoms with Gasteiger partial charge in [-0.3, -0.25) is 10.1 Å². The molecule has 118 valence electrons. The minimum Gasteiger partial charge on any atom is -0.484 e. The quantitative estimate of drug-likeness (QED) is 0.429. The fraction of sp³-hybridized carbons (Fsp3) is 0.600. The Labute approximate surface area is 125 Å². The van der Waals surface area contributed by atoms with Crippen LogP contribution >= 0.6 is 0 Å². The van der Waals surface area contributed by atoms with Gasteiger partial charge in [0.2, 0.25) is 0 Å². The van der Waals surface area contributed by atoms with Gasteiger partial charge in [-0.25, -0.2) is 0 Å². The van der Waals surface area contributed by atoms with Crippen molar-refractivity contribution in [3.05, 3.63) is 28.3 Å². The zero-order chi connectivity index (χ0) is 15.8. The first-order valence-corrected chi connectivity index (χ1v) is 7.17. The lowest BCUT2D eigenvalue weighted by Crippen LogP contribution is -2.14. The topological polar surface area (TPSA) is 73.6 Å². The summed E-state index contributed by atoms with van der Waals surface area (Å²) in [4.78, 5) is 10.8. The van der Waals surface area contributed by atoms with Crippen LogP contribution in [0.1, 0.15) is 27.7 Å². The van der Waals surface area contributed by atoms with Gasteiger partial charge in [-0.1, -0.05) is 19.9 Å². The highest BCUT2D eigenvalue weighted by atomic mass is 16.6. The van der Waals surface area contributed by atoms with Crippen molar-refractivity contribution in [2.45, 2.75) is 33.8 Å². The van der Waals surface area contributed by atoms with Crippen molar-refractivity contribution >= 4 is 11.4 Å². The predicted octanol–water partition coefficient (Wildman–Crippen LogP) is 3.47. The third-order valence-electron chi connectivity index (χ3n) is 2.56. The molecule has 0 bridgehead atoms. The van der Waals surface area contributed by atoms with Gasteiger partial charge in [0.15, 0.2) is 5.75 Å². The van der Waals surface area contributed by atoms with Gasteiger partial charge < -0.3 is 14.8 Å². The summed E-state index contributed by atoms with van der Waals surface area (Å²) in [5.41, 5.74) is 0.418. The molecule has 0 aliphatic heterocycles. The van der Waals surface area contributed by atoms with E-state index < -0.39 is 4.92 Å². The fourth-order valence-electron chi connectivity index (χ4n) is 1.78. The number of rotatable bonds is 9. The average molecular weight is 296 g/mol. The molecule has 0 aromatic heterocycles. The molecule has 0 saturated carbocycles. The molecular weight excluding hydrogens is 272 g/mol. The molecule has 21 heavy (non-hydrogen) atoms. The summed E-state index contributed by atoms with van der Waals surface area (Å²) in [6, 6.07) is 5.02. The molecule has 1 N–H and O–H groups in total. The van der Waals surface area contributed by atoms with Crippen LogP contribution in [0.25, 0.3) is 0 Å². The number of nitro benzene ring substituents is 1. The predicted molar refractivity (Wildman–Crippen MR) is 83.0 cm³/mol. The van der Waals surface area contributed by atoms with Crippen LogP contribution in [0.2, 0.25) is 0 Å². The van der Waals surface area contributed by atoms with E-state index in [1.807, 2.05) is 13.8 Å². The van der Waals surface area contributed by atoms with E-state index in [0.29, 0.717) is 31.4 Å². The highest BCUT2D eigenvalue weighted by Gasteiger charge is 2.21.